The highest BCUT2D eigenvalue weighted by Gasteiger charge is 2.35. The van der Waals surface area contributed by atoms with E-state index in [9.17, 15) is 17.6 Å². The van der Waals surface area contributed by atoms with Crippen LogP contribution in [-0.2, 0) is 6.18 Å². The van der Waals surface area contributed by atoms with E-state index in [4.69, 9.17) is 17.3 Å². The molecule has 2 N–H and O–H groups in total. The highest BCUT2D eigenvalue weighted by Crippen LogP contribution is 2.32. The second-order valence-corrected chi connectivity index (χ2v) is 4.03. The Bertz CT molecular complexity index is 628. The van der Waals surface area contributed by atoms with Crippen molar-refractivity contribution in [1.82, 2.24) is 9.97 Å². The maximum Gasteiger partial charge on any atom is 0.451 e. The molecular weight excluding hydrogens is 286 g/mol. The van der Waals surface area contributed by atoms with E-state index >= 15 is 0 Å². The van der Waals surface area contributed by atoms with Crippen molar-refractivity contribution in [3.8, 4) is 11.3 Å². The molecule has 0 aliphatic carbocycles. The minimum atomic E-state index is -4.73. The normalized spacial score (nSPS) is 11.6. The zero-order valence-corrected chi connectivity index (χ0v) is 9.93. The van der Waals surface area contributed by atoms with Crippen LogP contribution in [-0.4, -0.2) is 9.97 Å². The lowest BCUT2D eigenvalue weighted by Gasteiger charge is -2.09. The van der Waals surface area contributed by atoms with Gasteiger partial charge in [-0.1, -0.05) is 11.6 Å². The summed E-state index contributed by atoms with van der Waals surface area (Å²) < 4.78 is 50.6. The van der Waals surface area contributed by atoms with Crippen LogP contribution in [0.3, 0.4) is 0 Å². The number of nitrogen functional groups attached to an aromatic ring is 1. The van der Waals surface area contributed by atoms with Crippen LogP contribution in [0.1, 0.15) is 5.82 Å². The Labute approximate surface area is 110 Å². The fraction of sp³-hybridized carbons (Fsp3) is 0.0909. The molecular formula is C11H6ClF4N3. The monoisotopic (exact) mass is 291 g/mol. The predicted molar refractivity (Wildman–Crippen MR) is 61.9 cm³/mol. The van der Waals surface area contributed by atoms with Crippen LogP contribution in [0.2, 0.25) is 5.02 Å². The Morgan fingerprint density at radius 1 is 1.11 bits per heavy atom. The van der Waals surface area contributed by atoms with Gasteiger partial charge < -0.3 is 5.73 Å². The summed E-state index contributed by atoms with van der Waals surface area (Å²) in [6.45, 7) is 0. The van der Waals surface area contributed by atoms with Crippen LogP contribution in [0.4, 0.5) is 23.4 Å². The van der Waals surface area contributed by atoms with E-state index in [2.05, 4.69) is 9.97 Å². The van der Waals surface area contributed by atoms with Gasteiger partial charge in [-0.25, -0.2) is 14.4 Å². The van der Waals surface area contributed by atoms with Crippen molar-refractivity contribution in [2.45, 2.75) is 6.18 Å². The van der Waals surface area contributed by atoms with Gasteiger partial charge in [0.15, 0.2) is 0 Å². The fourth-order valence-electron chi connectivity index (χ4n) is 1.43. The van der Waals surface area contributed by atoms with Crippen LogP contribution in [0, 0.1) is 5.82 Å². The van der Waals surface area contributed by atoms with Crippen molar-refractivity contribution < 1.29 is 17.6 Å². The highest BCUT2D eigenvalue weighted by atomic mass is 35.5. The van der Waals surface area contributed by atoms with Crippen molar-refractivity contribution in [2.75, 3.05) is 5.73 Å². The minimum Gasteiger partial charge on any atom is -0.384 e. The molecule has 0 amide bonds. The molecule has 3 nitrogen and oxygen atoms in total. The van der Waals surface area contributed by atoms with E-state index in [0.717, 1.165) is 18.2 Å². The molecule has 0 aliphatic heterocycles. The van der Waals surface area contributed by atoms with Crippen LogP contribution in [0.15, 0.2) is 24.3 Å². The van der Waals surface area contributed by atoms with Crippen LogP contribution in [0.5, 0.6) is 0 Å². The summed E-state index contributed by atoms with van der Waals surface area (Å²) in [5, 5.41) is -0.0637. The van der Waals surface area contributed by atoms with Gasteiger partial charge in [0.05, 0.1) is 10.7 Å². The molecule has 2 rings (SSSR count). The average Bonchev–Trinajstić information content (AvgIpc) is 2.26. The standard InChI is InChI=1S/C11H6ClF4N3/c12-7-3-5(13)1-2-6(7)8-4-9(17)19-10(18-8)11(14,15)16/h1-4H,(H2,17,18,19). The van der Waals surface area contributed by atoms with Crippen LogP contribution < -0.4 is 5.73 Å². The second kappa shape index (κ2) is 4.65. The Kier molecular flexibility index (Phi) is 3.32. The first-order valence-electron chi connectivity index (χ1n) is 4.94. The number of nitrogens with two attached hydrogens (primary N) is 1. The molecule has 0 radical (unpaired) electrons. The average molecular weight is 292 g/mol. The van der Waals surface area contributed by atoms with Crippen LogP contribution in [0.25, 0.3) is 11.3 Å². The van der Waals surface area contributed by atoms with Crippen molar-refractivity contribution >= 4 is 17.4 Å². The first-order valence-corrected chi connectivity index (χ1v) is 5.32. The molecule has 0 saturated carbocycles. The van der Waals surface area contributed by atoms with Gasteiger partial charge in [-0.3, -0.25) is 0 Å². The summed E-state index contributed by atoms with van der Waals surface area (Å²) in [5.41, 5.74) is 5.33. The quantitative estimate of drug-likeness (QED) is 0.818. The van der Waals surface area contributed by atoms with E-state index < -0.39 is 17.8 Å². The summed E-state index contributed by atoms with van der Waals surface area (Å²) in [4.78, 5) is 6.44. The van der Waals surface area contributed by atoms with Gasteiger partial charge >= 0.3 is 6.18 Å². The topological polar surface area (TPSA) is 51.8 Å². The van der Waals surface area contributed by atoms with Gasteiger partial charge in [0.25, 0.3) is 0 Å². The number of nitrogens with zero attached hydrogens (tertiary/aromatic N) is 2. The number of halogens is 5. The van der Waals surface area contributed by atoms with Crippen molar-refractivity contribution in [2.24, 2.45) is 0 Å². The van der Waals surface area contributed by atoms with Crippen molar-refractivity contribution in [3.05, 3.63) is 40.9 Å². The number of hydrogen-bond acceptors (Lipinski definition) is 3. The molecule has 1 aromatic carbocycles. The van der Waals surface area contributed by atoms with Crippen molar-refractivity contribution in [3.63, 3.8) is 0 Å². The lowest BCUT2D eigenvalue weighted by atomic mass is 10.1. The highest BCUT2D eigenvalue weighted by molar-refractivity contribution is 6.33. The smallest absolute Gasteiger partial charge is 0.384 e. The molecule has 0 saturated heterocycles. The molecule has 0 aliphatic rings. The van der Waals surface area contributed by atoms with Crippen molar-refractivity contribution in [1.29, 1.82) is 0 Å². The first kappa shape index (κ1) is 13.5. The maximum atomic E-state index is 12.9. The number of hydrogen-bond donors (Lipinski definition) is 1. The minimum absolute atomic E-state index is 0.0637. The molecule has 1 aromatic heterocycles. The van der Waals surface area contributed by atoms with Gasteiger partial charge in [-0.2, -0.15) is 13.2 Å². The molecule has 0 fully saturated rings. The molecule has 100 valence electrons. The Morgan fingerprint density at radius 3 is 2.37 bits per heavy atom. The van der Waals surface area contributed by atoms with E-state index in [0.29, 0.717) is 0 Å². The largest absolute Gasteiger partial charge is 0.451 e. The lowest BCUT2D eigenvalue weighted by molar-refractivity contribution is -0.144. The number of alkyl halides is 3. The Hall–Kier alpha value is -1.89. The first-order chi connectivity index (χ1) is 8.77. The molecule has 0 unspecified atom stereocenters. The fourth-order valence-corrected chi connectivity index (χ4v) is 1.69. The van der Waals surface area contributed by atoms with Gasteiger partial charge in [0, 0.05) is 11.6 Å². The number of benzene rings is 1. The zero-order valence-electron chi connectivity index (χ0n) is 9.17. The van der Waals surface area contributed by atoms with E-state index in [-0.39, 0.29) is 22.1 Å². The van der Waals surface area contributed by atoms with Gasteiger partial charge in [0.2, 0.25) is 5.82 Å². The maximum absolute atomic E-state index is 12.9. The summed E-state index contributed by atoms with van der Waals surface area (Å²) >= 11 is 5.76. The molecule has 19 heavy (non-hydrogen) atoms. The Balaban J connectivity index is 2.59. The number of aromatic nitrogens is 2. The second-order valence-electron chi connectivity index (χ2n) is 3.62. The zero-order chi connectivity index (χ0) is 14.2. The van der Waals surface area contributed by atoms with Gasteiger partial charge in [-0.05, 0) is 18.2 Å². The van der Waals surface area contributed by atoms with Gasteiger partial charge in [-0.15, -0.1) is 0 Å². The summed E-state index contributed by atoms with van der Waals surface area (Å²) in [7, 11) is 0. The molecule has 0 bridgehead atoms. The van der Waals surface area contributed by atoms with E-state index in [1.165, 1.54) is 6.07 Å². The number of anilines is 1. The molecule has 2 aromatic rings. The molecule has 8 heteroatoms. The van der Waals surface area contributed by atoms with Crippen LogP contribution >= 0.6 is 11.6 Å². The molecule has 1 heterocycles. The third-order valence-electron chi connectivity index (χ3n) is 2.21. The molecule has 0 atom stereocenters. The third kappa shape index (κ3) is 2.93. The molecule has 0 spiro atoms. The summed E-state index contributed by atoms with van der Waals surface area (Å²) in [5.74, 6) is -2.33. The third-order valence-corrected chi connectivity index (χ3v) is 2.52. The summed E-state index contributed by atoms with van der Waals surface area (Å²) in [6, 6.07) is 4.39. The number of rotatable bonds is 1. The van der Waals surface area contributed by atoms with E-state index in [1.54, 1.807) is 0 Å². The lowest BCUT2D eigenvalue weighted by Crippen LogP contribution is -2.13. The summed E-state index contributed by atoms with van der Waals surface area (Å²) in [6.07, 6.45) is -4.73. The SMILES string of the molecule is Nc1cc(-c2ccc(F)cc2Cl)nc(C(F)(F)F)n1. The van der Waals surface area contributed by atoms with E-state index in [1.807, 2.05) is 0 Å². The predicted octanol–water partition coefficient (Wildman–Crippen LogP) is 3.54. The Morgan fingerprint density at radius 2 is 1.79 bits per heavy atom. The van der Waals surface area contributed by atoms with Gasteiger partial charge in [0.1, 0.15) is 11.6 Å².